The maximum Gasteiger partial charge on any atom is 0.338 e. The molecule has 1 amide bonds. The number of rotatable bonds is 6. The summed E-state index contributed by atoms with van der Waals surface area (Å²) in [7, 11) is 0. The zero-order valence-corrected chi connectivity index (χ0v) is 20.9. The Labute approximate surface area is 220 Å². The number of carbonyl (C=O) groups excluding carboxylic acids is 2. The normalized spacial score (nSPS) is 10.8. The number of nitrogens with zero attached hydrogens (tertiary/aromatic N) is 2. The van der Waals surface area contributed by atoms with Gasteiger partial charge in [-0.15, -0.1) is 0 Å². The molecule has 0 aliphatic rings. The highest BCUT2D eigenvalue weighted by Crippen LogP contribution is 2.31. The van der Waals surface area contributed by atoms with E-state index in [9.17, 15) is 14.0 Å². The molecule has 6 nitrogen and oxygen atoms in total. The fourth-order valence-electron chi connectivity index (χ4n) is 3.77. The lowest BCUT2D eigenvalue weighted by Crippen LogP contribution is -2.21. The molecule has 1 heterocycles. The van der Waals surface area contributed by atoms with Gasteiger partial charge in [-0.05, 0) is 36.4 Å². The number of amides is 1. The lowest BCUT2D eigenvalue weighted by atomic mass is 10.0. The van der Waals surface area contributed by atoms with Crippen molar-refractivity contribution < 1.29 is 18.7 Å². The summed E-state index contributed by atoms with van der Waals surface area (Å²) in [6, 6.07) is 28.5. The minimum absolute atomic E-state index is 0.00658. The molecule has 37 heavy (non-hydrogen) atoms. The van der Waals surface area contributed by atoms with E-state index in [2.05, 4.69) is 21.2 Å². The summed E-state index contributed by atoms with van der Waals surface area (Å²) in [5.41, 5.74) is 4.55. The molecular weight excluding hydrogens is 537 g/mol. The number of carbonyl (C=O) groups is 2. The SMILES string of the molecule is O=C(COC(=O)c1ccc2nc(-c3ccccc3)c(-c3ccccc3)nc2c1)Nc1ccc(Br)cc1F. The van der Waals surface area contributed by atoms with E-state index in [1.807, 2.05) is 60.7 Å². The van der Waals surface area contributed by atoms with Crippen LogP contribution in [-0.4, -0.2) is 28.5 Å². The van der Waals surface area contributed by atoms with E-state index < -0.39 is 24.3 Å². The second kappa shape index (κ2) is 10.7. The minimum atomic E-state index is -0.705. The maximum absolute atomic E-state index is 13.9. The fourth-order valence-corrected chi connectivity index (χ4v) is 4.10. The molecule has 1 N–H and O–H groups in total. The van der Waals surface area contributed by atoms with Crippen LogP contribution in [0.2, 0.25) is 0 Å². The first-order valence-electron chi connectivity index (χ1n) is 11.3. The van der Waals surface area contributed by atoms with Crippen LogP contribution in [0.15, 0.2) is 102 Å². The number of hydrogen-bond donors (Lipinski definition) is 1. The van der Waals surface area contributed by atoms with Gasteiger partial charge in [0.2, 0.25) is 0 Å². The van der Waals surface area contributed by atoms with Crippen LogP contribution in [-0.2, 0) is 9.53 Å². The van der Waals surface area contributed by atoms with Crippen molar-refractivity contribution in [1.29, 1.82) is 0 Å². The molecule has 0 saturated heterocycles. The first-order chi connectivity index (χ1) is 18.0. The number of ether oxygens (including phenoxy) is 1. The summed E-state index contributed by atoms with van der Waals surface area (Å²) in [4.78, 5) is 34.5. The van der Waals surface area contributed by atoms with Gasteiger partial charge in [0.05, 0.1) is 33.7 Å². The molecule has 182 valence electrons. The van der Waals surface area contributed by atoms with Crippen molar-refractivity contribution in [3.8, 4) is 22.5 Å². The summed E-state index contributed by atoms with van der Waals surface area (Å²) in [6.07, 6.45) is 0. The minimum Gasteiger partial charge on any atom is -0.452 e. The summed E-state index contributed by atoms with van der Waals surface area (Å²) >= 11 is 3.16. The zero-order chi connectivity index (χ0) is 25.8. The van der Waals surface area contributed by atoms with E-state index in [1.54, 1.807) is 24.3 Å². The smallest absolute Gasteiger partial charge is 0.338 e. The molecular formula is C29H19BrFN3O3. The maximum atomic E-state index is 13.9. The van der Waals surface area contributed by atoms with E-state index >= 15 is 0 Å². The van der Waals surface area contributed by atoms with Crippen molar-refractivity contribution in [3.05, 3.63) is 113 Å². The molecule has 0 radical (unpaired) electrons. The first kappa shape index (κ1) is 24.3. The molecule has 0 saturated carbocycles. The highest BCUT2D eigenvalue weighted by molar-refractivity contribution is 9.10. The average Bonchev–Trinajstić information content (AvgIpc) is 2.93. The van der Waals surface area contributed by atoms with Gasteiger partial charge < -0.3 is 10.1 Å². The average molecular weight is 556 g/mol. The molecule has 5 aromatic rings. The van der Waals surface area contributed by atoms with Gasteiger partial charge in [0.25, 0.3) is 5.91 Å². The van der Waals surface area contributed by atoms with Crippen molar-refractivity contribution in [2.75, 3.05) is 11.9 Å². The molecule has 5 rings (SSSR count). The van der Waals surface area contributed by atoms with Crippen LogP contribution in [0, 0.1) is 5.82 Å². The van der Waals surface area contributed by atoms with E-state index in [0.717, 1.165) is 16.8 Å². The molecule has 0 bridgehead atoms. The van der Waals surface area contributed by atoms with Crippen molar-refractivity contribution in [1.82, 2.24) is 9.97 Å². The molecule has 0 fully saturated rings. The van der Waals surface area contributed by atoms with Gasteiger partial charge >= 0.3 is 5.97 Å². The Morgan fingerprint density at radius 2 is 1.41 bits per heavy atom. The molecule has 0 unspecified atom stereocenters. The molecule has 8 heteroatoms. The van der Waals surface area contributed by atoms with E-state index in [0.29, 0.717) is 21.2 Å². The van der Waals surface area contributed by atoms with E-state index in [4.69, 9.17) is 14.7 Å². The topological polar surface area (TPSA) is 81.2 Å². The lowest BCUT2D eigenvalue weighted by molar-refractivity contribution is -0.119. The molecule has 0 spiro atoms. The van der Waals surface area contributed by atoms with Crippen LogP contribution in [0.3, 0.4) is 0 Å². The summed E-state index contributed by atoms with van der Waals surface area (Å²) in [5.74, 6) is -1.97. The van der Waals surface area contributed by atoms with Crippen molar-refractivity contribution >= 4 is 44.5 Å². The van der Waals surface area contributed by atoms with Gasteiger partial charge in [-0.25, -0.2) is 19.2 Å². The zero-order valence-electron chi connectivity index (χ0n) is 19.3. The van der Waals surface area contributed by atoms with Crippen molar-refractivity contribution in [2.45, 2.75) is 0 Å². The first-order valence-corrected chi connectivity index (χ1v) is 12.1. The number of fused-ring (bicyclic) bond motifs is 1. The molecule has 4 aromatic carbocycles. The summed E-state index contributed by atoms with van der Waals surface area (Å²) in [6.45, 7) is -0.569. The van der Waals surface area contributed by atoms with Gasteiger partial charge in [0.1, 0.15) is 5.82 Å². The van der Waals surface area contributed by atoms with Gasteiger partial charge in [0, 0.05) is 15.6 Å². The number of nitrogens with one attached hydrogen (secondary N) is 1. The molecule has 1 aromatic heterocycles. The number of esters is 1. The Morgan fingerprint density at radius 3 is 2.03 bits per heavy atom. The monoisotopic (exact) mass is 555 g/mol. The van der Waals surface area contributed by atoms with Crippen LogP contribution in [0.5, 0.6) is 0 Å². The third-order valence-corrected chi connectivity index (χ3v) is 6.03. The number of aromatic nitrogens is 2. The summed E-state index contributed by atoms with van der Waals surface area (Å²) < 4.78 is 19.6. The third kappa shape index (κ3) is 5.54. The Balaban J connectivity index is 1.39. The van der Waals surface area contributed by atoms with Crippen LogP contribution < -0.4 is 5.32 Å². The quantitative estimate of drug-likeness (QED) is 0.237. The molecule has 0 aliphatic carbocycles. The van der Waals surface area contributed by atoms with Gasteiger partial charge in [-0.2, -0.15) is 0 Å². The Hall–Kier alpha value is -4.43. The Bertz CT molecular complexity index is 1610. The fraction of sp³-hybridized carbons (Fsp3) is 0.0345. The number of hydrogen-bond acceptors (Lipinski definition) is 5. The van der Waals surface area contributed by atoms with Crippen molar-refractivity contribution in [2.24, 2.45) is 0 Å². The van der Waals surface area contributed by atoms with Crippen LogP contribution in [0.25, 0.3) is 33.5 Å². The highest BCUT2D eigenvalue weighted by Gasteiger charge is 2.16. The Morgan fingerprint density at radius 1 is 0.784 bits per heavy atom. The Kier molecular flexibility index (Phi) is 7.00. The van der Waals surface area contributed by atoms with E-state index in [1.165, 1.54) is 12.1 Å². The van der Waals surface area contributed by atoms with E-state index in [-0.39, 0.29) is 11.3 Å². The van der Waals surface area contributed by atoms with Gasteiger partial charge in [0.15, 0.2) is 6.61 Å². The second-order valence-corrected chi connectivity index (χ2v) is 9.02. The molecule has 0 aliphatic heterocycles. The highest BCUT2D eigenvalue weighted by atomic mass is 79.9. The number of anilines is 1. The third-order valence-electron chi connectivity index (χ3n) is 5.53. The number of halogens is 2. The standard InChI is InChI=1S/C29H19BrFN3O3/c30-21-12-14-23(22(31)16-21)32-26(35)17-37-29(36)20-11-13-24-25(15-20)34-28(19-9-5-2-6-10-19)27(33-24)18-7-3-1-4-8-18/h1-16H,17H2,(H,32,35). The number of benzene rings is 4. The predicted octanol–water partition coefficient (Wildman–Crippen LogP) is 6.66. The van der Waals surface area contributed by atoms with Gasteiger partial charge in [-0.3, -0.25) is 4.79 Å². The predicted molar refractivity (Wildman–Crippen MR) is 143 cm³/mol. The second-order valence-electron chi connectivity index (χ2n) is 8.10. The van der Waals surface area contributed by atoms with Gasteiger partial charge in [-0.1, -0.05) is 76.6 Å². The van der Waals surface area contributed by atoms with Crippen LogP contribution in [0.4, 0.5) is 10.1 Å². The van der Waals surface area contributed by atoms with Crippen molar-refractivity contribution in [3.63, 3.8) is 0 Å². The molecule has 0 atom stereocenters. The summed E-state index contributed by atoms with van der Waals surface area (Å²) in [5, 5.41) is 2.39. The van der Waals surface area contributed by atoms with Crippen LogP contribution >= 0.6 is 15.9 Å². The van der Waals surface area contributed by atoms with Crippen LogP contribution in [0.1, 0.15) is 10.4 Å². The lowest BCUT2D eigenvalue weighted by Gasteiger charge is -2.11. The largest absolute Gasteiger partial charge is 0.452 e.